The van der Waals surface area contributed by atoms with Gasteiger partial charge in [-0.3, -0.25) is 19.6 Å². The van der Waals surface area contributed by atoms with Gasteiger partial charge >= 0.3 is 0 Å². The van der Waals surface area contributed by atoms with Crippen LogP contribution in [0, 0.1) is 12.8 Å². The third kappa shape index (κ3) is 4.37. The van der Waals surface area contributed by atoms with E-state index < -0.39 is 0 Å². The monoisotopic (exact) mass is 390 g/mol. The SMILES string of the molecule is Cc1cnc(C(=O)N2CCC(Cn3nc(-c4ccncc4)ccc3=O)CC2)cn1. The van der Waals surface area contributed by atoms with Gasteiger partial charge < -0.3 is 4.90 Å². The number of pyridine rings is 1. The van der Waals surface area contributed by atoms with Gasteiger partial charge in [0.1, 0.15) is 5.69 Å². The van der Waals surface area contributed by atoms with Crippen molar-refractivity contribution >= 4 is 5.91 Å². The number of hydrogen-bond acceptors (Lipinski definition) is 6. The smallest absolute Gasteiger partial charge is 0.274 e. The third-order valence-electron chi connectivity index (χ3n) is 5.18. The lowest BCUT2D eigenvalue weighted by Crippen LogP contribution is -2.40. The summed E-state index contributed by atoms with van der Waals surface area (Å²) in [6.07, 6.45) is 8.18. The van der Waals surface area contributed by atoms with Crippen molar-refractivity contribution in [1.29, 1.82) is 0 Å². The molecule has 0 aliphatic carbocycles. The minimum absolute atomic E-state index is 0.0917. The number of piperidine rings is 1. The summed E-state index contributed by atoms with van der Waals surface area (Å²) in [5.74, 6) is 0.201. The minimum atomic E-state index is -0.115. The van der Waals surface area contributed by atoms with Crippen LogP contribution < -0.4 is 5.56 Å². The van der Waals surface area contributed by atoms with E-state index in [2.05, 4.69) is 20.1 Å². The molecular formula is C21H22N6O2. The van der Waals surface area contributed by atoms with Crippen LogP contribution in [0.5, 0.6) is 0 Å². The fourth-order valence-corrected chi connectivity index (χ4v) is 3.48. The van der Waals surface area contributed by atoms with Gasteiger partial charge in [-0.25, -0.2) is 9.67 Å². The summed E-state index contributed by atoms with van der Waals surface area (Å²) in [7, 11) is 0. The highest BCUT2D eigenvalue weighted by Crippen LogP contribution is 2.20. The highest BCUT2D eigenvalue weighted by atomic mass is 16.2. The second-order valence-corrected chi connectivity index (χ2v) is 7.25. The topological polar surface area (TPSA) is 93.9 Å². The summed E-state index contributed by atoms with van der Waals surface area (Å²) in [5, 5.41) is 4.52. The number of carbonyl (C=O) groups is 1. The van der Waals surface area contributed by atoms with E-state index in [0.717, 1.165) is 29.8 Å². The molecule has 0 saturated carbocycles. The molecule has 1 saturated heterocycles. The minimum Gasteiger partial charge on any atom is -0.337 e. The number of aromatic nitrogens is 5. The van der Waals surface area contributed by atoms with Gasteiger partial charge in [0.25, 0.3) is 11.5 Å². The number of carbonyl (C=O) groups excluding carboxylic acids is 1. The third-order valence-corrected chi connectivity index (χ3v) is 5.18. The van der Waals surface area contributed by atoms with Crippen molar-refractivity contribution in [3.05, 3.63) is 70.8 Å². The molecule has 0 radical (unpaired) electrons. The molecule has 1 aliphatic heterocycles. The van der Waals surface area contributed by atoms with Crippen molar-refractivity contribution in [2.24, 2.45) is 5.92 Å². The number of rotatable bonds is 4. The summed E-state index contributed by atoms with van der Waals surface area (Å²) in [6.45, 7) is 3.66. The molecule has 0 N–H and O–H groups in total. The highest BCUT2D eigenvalue weighted by Gasteiger charge is 2.25. The first kappa shape index (κ1) is 18.9. The lowest BCUT2D eigenvalue weighted by Gasteiger charge is -2.31. The van der Waals surface area contributed by atoms with E-state index in [1.54, 1.807) is 35.6 Å². The van der Waals surface area contributed by atoms with Crippen LogP contribution in [0.25, 0.3) is 11.3 Å². The lowest BCUT2D eigenvalue weighted by atomic mass is 9.96. The Bertz CT molecular complexity index is 1040. The van der Waals surface area contributed by atoms with Gasteiger partial charge in [0, 0.05) is 49.9 Å². The normalized spacial score (nSPS) is 14.7. The Kier molecular flexibility index (Phi) is 5.41. The predicted octanol–water partition coefficient (Wildman–Crippen LogP) is 1.96. The van der Waals surface area contributed by atoms with Crippen LogP contribution in [0.15, 0.2) is 53.8 Å². The number of nitrogens with zero attached hydrogens (tertiary/aromatic N) is 6. The van der Waals surface area contributed by atoms with E-state index in [9.17, 15) is 9.59 Å². The Morgan fingerprint density at radius 1 is 1.07 bits per heavy atom. The molecule has 0 aromatic carbocycles. The molecular weight excluding hydrogens is 368 g/mol. The van der Waals surface area contributed by atoms with E-state index in [-0.39, 0.29) is 11.5 Å². The summed E-state index contributed by atoms with van der Waals surface area (Å²) >= 11 is 0. The van der Waals surface area contributed by atoms with Gasteiger partial charge in [-0.05, 0) is 43.9 Å². The number of likely N-dealkylation sites (tertiary alicyclic amines) is 1. The molecule has 8 heteroatoms. The van der Waals surface area contributed by atoms with E-state index in [1.807, 2.05) is 19.1 Å². The molecule has 4 rings (SSSR count). The molecule has 8 nitrogen and oxygen atoms in total. The van der Waals surface area contributed by atoms with E-state index in [4.69, 9.17) is 0 Å². The average molecular weight is 390 g/mol. The Labute approximate surface area is 168 Å². The first-order valence-corrected chi connectivity index (χ1v) is 9.66. The highest BCUT2D eigenvalue weighted by molar-refractivity contribution is 5.92. The maximum atomic E-state index is 12.6. The molecule has 1 amide bonds. The molecule has 0 bridgehead atoms. The Morgan fingerprint density at radius 2 is 1.83 bits per heavy atom. The molecule has 3 aromatic rings. The van der Waals surface area contributed by atoms with Crippen molar-refractivity contribution in [1.82, 2.24) is 29.6 Å². The van der Waals surface area contributed by atoms with Gasteiger partial charge in [0.15, 0.2) is 0 Å². The van der Waals surface area contributed by atoms with E-state index in [0.29, 0.717) is 31.2 Å². The van der Waals surface area contributed by atoms with Crippen LogP contribution in [0.2, 0.25) is 0 Å². The van der Waals surface area contributed by atoms with Crippen LogP contribution in [0.1, 0.15) is 29.0 Å². The summed E-state index contributed by atoms with van der Waals surface area (Å²) in [6, 6.07) is 7.03. The molecule has 0 unspecified atom stereocenters. The number of amides is 1. The second-order valence-electron chi connectivity index (χ2n) is 7.25. The fourth-order valence-electron chi connectivity index (χ4n) is 3.48. The van der Waals surface area contributed by atoms with Gasteiger partial charge in [-0.1, -0.05) is 0 Å². The fraction of sp³-hybridized carbons (Fsp3) is 0.333. The van der Waals surface area contributed by atoms with Crippen molar-refractivity contribution in [2.75, 3.05) is 13.1 Å². The quantitative estimate of drug-likeness (QED) is 0.676. The Morgan fingerprint density at radius 3 is 2.52 bits per heavy atom. The van der Waals surface area contributed by atoms with Crippen molar-refractivity contribution < 1.29 is 4.79 Å². The molecule has 148 valence electrons. The molecule has 4 heterocycles. The van der Waals surface area contributed by atoms with Crippen LogP contribution in [0.4, 0.5) is 0 Å². The standard InChI is InChI=1S/C21H22N6O2/c1-15-12-24-19(13-23-15)21(29)26-10-6-16(7-11-26)14-27-20(28)3-2-18(25-27)17-4-8-22-9-5-17/h2-5,8-9,12-13,16H,6-7,10-11,14H2,1H3. The van der Waals surface area contributed by atoms with Crippen molar-refractivity contribution in [2.45, 2.75) is 26.3 Å². The number of aryl methyl sites for hydroxylation is 1. The molecule has 0 spiro atoms. The molecule has 29 heavy (non-hydrogen) atoms. The van der Waals surface area contributed by atoms with Crippen molar-refractivity contribution in [3.8, 4) is 11.3 Å². The summed E-state index contributed by atoms with van der Waals surface area (Å²) in [4.78, 5) is 39.0. The zero-order chi connectivity index (χ0) is 20.2. The Hall–Kier alpha value is -3.42. The molecule has 3 aromatic heterocycles. The van der Waals surface area contributed by atoms with Gasteiger partial charge in [0.2, 0.25) is 0 Å². The van der Waals surface area contributed by atoms with Crippen LogP contribution in [-0.2, 0) is 6.54 Å². The maximum Gasteiger partial charge on any atom is 0.274 e. The first-order chi connectivity index (χ1) is 14.1. The molecule has 1 fully saturated rings. The van der Waals surface area contributed by atoms with E-state index in [1.165, 1.54) is 10.9 Å². The maximum absolute atomic E-state index is 12.6. The first-order valence-electron chi connectivity index (χ1n) is 9.66. The van der Waals surface area contributed by atoms with Gasteiger partial charge in [-0.2, -0.15) is 5.10 Å². The van der Waals surface area contributed by atoms with Gasteiger partial charge in [-0.15, -0.1) is 0 Å². The molecule has 0 atom stereocenters. The second kappa shape index (κ2) is 8.30. The zero-order valence-corrected chi connectivity index (χ0v) is 16.2. The summed E-state index contributed by atoms with van der Waals surface area (Å²) in [5.41, 5.74) is 2.71. The van der Waals surface area contributed by atoms with Crippen LogP contribution >= 0.6 is 0 Å². The number of hydrogen-bond donors (Lipinski definition) is 0. The van der Waals surface area contributed by atoms with E-state index >= 15 is 0 Å². The van der Waals surface area contributed by atoms with Crippen LogP contribution in [-0.4, -0.2) is 48.6 Å². The van der Waals surface area contributed by atoms with Gasteiger partial charge in [0.05, 0.1) is 17.6 Å². The lowest BCUT2D eigenvalue weighted by molar-refractivity contribution is 0.0674. The van der Waals surface area contributed by atoms with Crippen molar-refractivity contribution in [3.63, 3.8) is 0 Å². The Balaban J connectivity index is 1.40. The molecule has 1 aliphatic rings. The largest absolute Gasteiger partial charge is 0.337 e. The summed E-state index contributed by atoms with van der Waals surface area (Å²) < 4.78 is 1.53. The van der Waals surface area contributed by atoms with Crippen LogP contribution in [0.3, 0.4) is 0 Å². The average Bonchev–Trinajstić information content (AvgIpc) is 2.76. The zero-order valence-electron chi connectivity index (χ0n) is 16.2. The predicted molar refractivity (Wildman–Crippen MR) is 107 cm³/mol.